The van der Waals surface area contributed by atoms with Crippen molar-refractivity contribution in [2.45, 2.75) is 37.6 Å². The summed E-state index contributed by atoms with van der Waals surface area (Å²) in [7, 11) is -1.13. The second kappa shape index (κ2) is 7.78. The third-order valence-corrected chi connectivity index (χ3v) is 7.09. The minimum Gasteiger partial charge on any atom is -0.264 e. The van der Waals surface area contributed by atoms with Crippen molar-refractivity contribution in [1.29, 1.82) is 0 Å². The lowest BCUT2D eigenvalue weighted by atomic mass is 10.2. The average Bonchev–Trinajstić information content (AvgIpc) is 2.84. The fraction of sp³-hybridized carbons (Fsp3) is 0.300. The van der Waals surface area contributed by atoms with Gasteiger partial charge in [0, 0.05) is 36.0 Å². The van der Waals surface area contributed by atoms with E-state index in [9.17, 15) is 4.21 Å². The van der Waals surface area contributed by atoms with Gasteiger partial charge in [0.05, 0.1) is 10.6 Å². The molecule has 0 aliphatic carbocycles. The molecule has 1 aromatic heterocycles. The molecular weight excluding hydrogens is 362 g/mol. The van der Waals surface area contributed by atoms with Crippen LogP contribution < -0.4 is 0 Å². The predicted octanol–water partition coefficient (Wildman–Crippen LogP) is 4.29. The van der Waals surface area contributed by atoms with Gasteiger partial charge in [-0.3, -0.25) is 4.99 Å². The zero-order chi connectivity index (χ0) is 17.9. The number of allylic oxidation sites excluding steroid dienone is 3. The first-order chi connectivity index (χ1) is 12.7. The Bertz CT molecular complexity index is 910. The molecular formula is C20H21N3OS2. The number of aliphatic imine (C=N–C) groups is 1. The summed E-state index contributed by atoms with van der Waals surface area (Å²) in [6.45, 7) is 3.56. The number of benzene rings is 1. The number of thiazole rings is 1. The molecule has 0 bridgehead atoms. The molecule has 0 saturated heterocycles. The Balaban J connectivity index is 1.57. The molecule has 0 N–H and O–H groups in total. The number of fused-ring (bicyclic) bond motifs is 1. The fourth-order valence-corrected chi connectivity index (χ4v) is 5.49. The van der Waals surface area contributed by atoms with Crippen molar-refractivity contribution >= 4 is 34.1 Å². The van der Waals surface area contributed by atoms with Crippen molar-refractivity contribution in [2.24, 2.45) is 4.99 Å². The monoisotopic (exact) mass is 383 g/mol. The van der Waals surface area contributed by atoms with Crippen LogP contribution >= 0.6 is 11.3 Å². The van der Waals surface area contributed by atoms with Gasteiger partial charge in [0.25, 0.3) is 0 Å². The number of aryl methyl sites for hydroxylation is 2. The normalized spacial score (nSPS) is 18.7. The van der Waals surface area contributed by atoms with Crippen LogP contribution in [-0.2, 0) is 24.0 Å². The first-order valence-corrected chi connectivity index (χ1v) is 10.7. The van der Waals surface area contributed by atoms with E-state index in [0.29, 0.717) is 6.54 Å². The van der Waals surface area contributed by atoms with E-state index in [1.807, 2.05) is 49.7 Å². The Labute approximate surface area is 160 Å². The summed E-state index contributed by atoms with van der Waals surface area (Å²) in [5.41, 5.74) is 3.42. The van der Waals surface area contributed by atoms with Gasteiger partial charge >= 0.3 is 0 Å². The van der Waals surface area contributed by atoms with E-state index in [4.69, 9.17) is 4.98 Å². The molecule has 2 aliphatic rings. The summed E-state index contributed by atoms with van der Waals surface area (Å²) in [4.78, 5) is 11.2. The van der Waals surface area contributed by atoms with Gasteiger partial charge in [0.2, 0.25) is 0 Å². The number of hydrogen-bond donors (Lipinski definition) is 0. The van der Waals surface area contributed by atoms with Crippen molar-refractivity contribution in [1.82, 2.24) is 9.29 Å². The smallest absolute Gasteiger partial charge is 0.127 e. The van der Waals surface area contributed by atoms with Gasteiger partial charge in [0.15, 0.2) is 0 Å². The molecule has 26 heavy (non-hydrogen) atoms. The fourth-order valence-electron chi connectivity index (χ4n) is 3.07. The third kappa shape index (κ3) is 3.77. The molecule has 0 spiro atoms. The van der Waals surface area contributed by atoms with E-state index in [0.717, 1.165) is 47.0 Å². The van der Waals surface area contributed by atoms with Gasteiger partial charge in [-0.25, -0.2) is 13.5 Å². The van der Waals surface area contributed by atoms with Crippen molar-refractivity contribution < 1.29 is 4.21 Å². The summed E-state index contributed by atoms with van der Waals surface area (Å²) in [5.74, 6) is 0. The SMILES string of the molecule is Cc1ccc(S(=O)N2CCCc3nc(C4=CCC=CN=C4)sc3C2)cc1. The van der Waals surface area contributed by atoms with Crippen LogP contribution in [0.3, 0.4) is 0 Å². The molecule has 0 radical (unpaired) electrons. The van der Waals surface area contributed by atoms with Gasteiger partial charge in [-0.15, -0.1) is 11.3 Å². The lowest BCUT2D eigenvalue weighted by Crippen LogP contribution is -2.25. The van der Waals surface area contributed by atoms with E-state index in [1.54, 1.807) is 11.3 Å². The zero-order valence-electron chi connectivity index (χ0n) is 14.7. The molecule has 134 valence electrons. The van der Waals surface area contributed by atoms with Gasteiger partial charge in [0.1, 0.15) is 16.0 Å². The first kappa shape index (κ1) is 17.5. The maximum absolute atomic E-state index is 13.0. The van der Waals surface area contributed by atoms with Crippen molar-refractivity contribution in [3.05, 3.63) is 63.8 Å². The molecule has 0 amide bonds. The van der Waals surface area contributed by atoms with Gasteiger partial charge in [-0.05, 0) is 38.3 Å². The molecule has 0 fully saturated rings. The quantitative estimate of drug-likeness (QED) is 0.793. The van der Waals surface area contributed by atoms with Crippen molar-refractivity contribution in [2.75, 3.05) is 6.54 Å². The molecule has 1 unspecified atom stereocenters. The average molecular weight is 384 g/mol. The summed E-state index contributed by atoms with van der Waals surface area (Å²) < 4.78 is 15.1. The van der Waals surface area contributed by atoms with Crippen LogP contribution in [0.2, 0.25) is 0 Å². The van der Waals surface area contributed by atoms with Gasteiger partial charge in [-0.2, -0.15) is 0 Å². The van der Waals surface area contributed by atoms with Crippen LogP contribution in [0.25, 0.3) is 5.57 Å². The summed E-state index contributed by atoms with van der Waals surface area (Å²) in [6, 6.07) is 7.98. The maximum atomic E-state index is 13.0. The third-order valence-electron chi connectivity index (χ3n) is 4.50. The topological polar surface area (TPSA) is 45.6 Å². The molecule has 2 aliphatic heterocycles. The van der Waals surface area contributed by atoms with E-state index >= 15 is 0 Å². The highest BCUT2D eigenvalue weighted by Gasteiger charge is 2.23. The summed E-state index contributed by atoms with van der Waals surface area (Å²) >= 11 is 1.71. The first-order valence-electron chi connectivity index (χ1n) is 8.81. The van der Waals surface area contributed by atoms with Crippen LogP contribution in [0.15, 0.2) is 52.5 Å². The van der Waals surface area contributed by atoms with Crippen LogP contribution in [0, 0.1) is 6.92 Å². The van der Waals surface area contributed by atoms with Crippen LogP contribution in [0.5, 0.6) is 0 Å². The van der Waals surface area contributed by atoms with Crippen LogP contribution in [-0.4, -0.2) is 26.3 Å². The van der Waals surface area contributed by atoms with Gasteiger partial charge in [-0.1, -0.05) is 29.8 Å². The molecule has 1 aromatic carbocycles. The van der Waals surface area contributed by atoms with E-state index in [1.165, 1.54) is 10.4 Å². The lowest BCUT2D eigenvalue weighted by Gasteiger charge is -2.18. The molecule has 3 heterocycles. The molecule has 6 heteroatoms. The Morgan fingerprint density at radius 1 is 1.23 bits per heavy atom. The zero-order valence-corrected chi connectivity index (χ0v) is 16.4. The van der Waals surface area contributed by atoms with Crippen molar-refractivity contribution in [3.8, 4) is 0 Å². The van der Waals surface area contributed by atoms with E-state index in [2.05, 4.69) is 15.4 Å². The number of hydrogen-bond acceptors (Lipinski definition) is 4. The Morgan fingerprint density at radius 2 is 2.08 bits per heavy atom. The van der Waals surface area contributed by atoms with Gasteiger partial charge < -0.3 is 0 Å². The van der Waals surface area contributed by atoms with E-state index in [-0.39, 0.29) is 0 Å². The van der Waals surface area contributed by atoms with Crippen LogP contribution in [0.1, 0.15) is 34.0 Å². The number of aromatic nitrogens is 1. The van der Waals surface area contributed by atoms with E-state index < -0.39 is 11.0 Å². The number of rotatable bonds is 3. The lowest BCUT2D eigenvalue weighted by molar-refractivity contribution is 0.446. The standard InChI is InChI=1S/C20H21N3OS2/c1-15-7-9-17(10-8-15)26(24)23-12-4-6-18-19(14-23)25-20(22-18)16-5-2-3-11-21-13-16/h3,5,7-11,13H,2,4,6,12,14H2,1H3. The summed E-state index contributed by atoms with van der Waals surface area (Å²) in [5, 5.41) is 1.02. The second-order valence-electron chi connectivity index (χ2n) is 6.48. The maximum Gasteiger partial charge on any atom is 0.127 e. The molecule has 4 nitrogen and oxygen atoms in total. The summed E-state index contributed by atoms with van der Waals surface area (Å²) in [6.07, 6.45) is 10.7. The second-order valence-corrected chi connectivity index (χ2v) is 9.05. The highest BCUT2D eigenvalue weighted by molar-refractivity contribution is 7.82. The Hall–Kier alpha value is -1.89. The minimum atomic E-state index is -1.13. The minimum absolute atomic E-state index is 0.691. The highest BCUT2D eigenvalue weighted by Crippen LogP contribution is 2.30. The predicted molar refractivity (Wildman–Crippen MR) is 109 cm³/mol. The molecule has 2 aromatic rings. The van der Waals surface area contributed by atoms with Crippen molar-refractivity contribution in [3.63, 3.8) is 0 Å². The largest absolute Gasteiger partial charge is 0.264 e. The Kier molecular flexibility index (Phi) is 5.24. The van der Waals surface area contributed by atoms with Crippen LogP contribution in [0.4, 0.5) is 0 Å². The molecule has 4 rings (SSSR count). The molecule has 1 atom stereocenters. The Morgan fingerprint density at radius 3 is 2.92 bits per heavy atom. The highest BCUT2D eigenvalue weighted by atomic mass is 32.2. The molecule has 0 saturated carbocycles. The number of nitrogens with zero attached hydrogens (tertiary/aromatic N) is 3.